The predicted molar refractivity (Wildman–Crippen MR) is 65.7 cm³/mol. The maximum atomic E-state index is 13.3. The van der Waals surface area contributed by atoms with Gasteiger partial charge in [0.15, 0.2) is 0 Å². The minimum absolute atomic E-state index is 0.180. The summed E-state index contributed by atoms with van der Waals surface area (Å²) in [5.74, 6) is -0.180. The number of halogens is 1. The molecular weight excluding hydrogens is 217 g/mol. The minimum Gasteiger partial charge on any atom is -0.391 e. The zero-order chi connectivity index (χ0) is 11.8. The van der Waals surface area contributed by atoms with E-state index in [4.69, 9.17) is 0 Å². The summed E-state index contributed by atoms with van der Waals surface area (Å²) in [6.07, 6.45) is 4.91. The predicted octanol–water partition coefficient (Wildman–Crippen LogP) is 2.49. The molecule has 1 fully saturated rings. The molecule has 1 N–H and O–H groups in total. The summed E-state index contributed by atoms with van der Waals surface area (Å²) in [7, 11) is 0. The average Bonchev–Trinajstić information content (AvgIpc) is 2.72. The first-order valence-corrected chi connectivity index (χ1v) is 6.49. The summed E-state index contributed by atoms with van der Waals surface area (Å²) in [5, 5.41) is 10.1. The lowest BCUT2D eigenvalue weighted by atomic mass is 9.91. The van der Waals surface area contributed by atoms with Crippen molar-refractivity contribution in [3.05, 3.63) is 29.6 Å². The number of benzene rings is 1. The lowest BCUT2D eigenvalue weighted by Gasteiger charge is -2.37. The SMILES string of the molecule is O[C@@H]1CCCC[C@H]1N1CCc2ccc(F)cc21. The van der Waals surface area contributed by atoms with E-state index in [1.165, 1.54) is 18.1 Å². The van der Waals surface area contributed by atoms with E-state index in [1.54, 1.807) is 6.07 Å². The molecule has 0 spiro atoms. The minimum atomic E-state index is -0.252. The molecule has 92 valence electrons. The normalized spacial score (nSPS) is 28.2. The number of aliphatic hydroxyl groups is 1. The number of aliphatic hydroxyl groups excluding tert-OH is 1. The van der Waals surface area contributed by atoms with Crippen molar-refractivity contribution in [2.24, 2.45) is 0 Å². The second-order valence-corrected chi connectivity index (χ2v) is 5.14. The van der Waals surface area contributed by atoms with Gasteiger partial charge in [-0.2, -0.15) is 0 Å². The van der Waals surface area contributed by atoms with Crippen LogP contribution in [0.2, 0.25) is 0 Å². The zero-order valence-corrected chi connectivity index (χ0v) is 9.90. The molecule has 0 bridgehead atoms. The van der Waals surface area contributed by atoms with Crippen molar-refractivity contribution in [3.8, 4) is 0 Å². The fraction of sp³-hybridized carbons (Fsp3) is 0.571. The Hall–Kier alpha value is -1.09. The van der Waals surface area contributed by atoms with Gasteiger partial charge < -0.3 is 10.0 Å². The third-order valence-electron chi connectivity index (χ3n) is 4.07. The van der Waals surface area contributed by atoms with Crippen LogP contribution in [0.1, 0.15) is 31.2 Å². The molecular formula is C14H18FNO. The molecule has 1 heterocycles. The standard InChI is InChI=1S/C14H18FNO/c15-11-6-5-10-7-8-16(13(10)9-11)12-3-1-2-4-14(12)17/h5-6,9,12,14,17H,1-4,7-8H2/t12-,14-/m1/s1. The van der Waals surface area contributed by atoms with E-state index in [2.05, 4.69) is 4.90 Å². The number of fused-ring (bicyclic) bond motifs is 1. The number of anilines is 1. The molecule has 17 heavy (non-hydrogen) atoms. The topological polar surface area (TPSA) is 23.5 Å². The van der Waals surface area contributed by atoms with Crippen LogP contribution in [0.3, 0.4) is 0 Å². The van der Waals surface area contributed by atoms with Gasteiger partial charge >= 0.3 is 0 Å². The summed E-state index contributed by atoms with van der Waals surface area (Å²) >= 11 is 0. The van der Waals surface area contributed by atoms with Crippen LogP contribution in [-0.2, 0) is 6.42 Å². The van der Waals surface area contributed by atoms with Gasteiger partial charge in [0.1, 0.15) is 5.82 Å². The van der Waals surface area contributed by atoms with Crippen LogP contribution in [0, 0.1) is 5.82 Å². The van der Waals surface area contributed by atoms with Crippen LogP contribution in [0.25, 0.3) is 0 Å². The van der Waals surface area contributed by atoms with Gasteiger partial charge in [0.2, 0.25) is 0 Å². The van der Waals surface area contributed by atoms with Crippen molar-refractivity contribution in [2.45, 2.75) is 44.2 Å². The van der Waals surface area contributed by atoms with Crippen molar-refractivity contribution < 1.29 is 9.50 Å². The van der Waals surface area contributed by atoms with Crippen LogP contribution in [-0.4, -0.2) is 23.8 Å². The van der Waals surface area contributed by atoms with Crippen LogP contribution < -0.4 is 4.90 Å². The Balaban J connectivity index is 1.89. The van der Waals surface area contributed by atoms with Gasteiger partial charge in [-0.15, -0.1) is 0 Å². The van der Waals surface area contributed by atoms with Crippen LogP contribution in [0.15, 0.2) is 18.2 Å². The quantitative estimate of drug-likeness (QED) is 0.808. The summed E-state index contributed by atoms with van der Waals surface area (Å²) in [6, 6.07) is 5.20. The molecule has 1 aliphatic carbocycles. The Morgan fingerprint density at radius 1 is 1.24 bits per heavy atom. The Labute approximate surface area is 101 Å². The van der Waals surface area contributed by atoms with E-state index < -0.39 is 0 Å². The third kappa shape index (κ3) is 1.93. The molecule has 1 aromatic carbocycles. The highest BCUT2D eigenvalue weighted by molar-refractivity contribution is 5.59. The average molecular weight is 235 g/mol. The first-order valence-electron chi connectivity index (χ1n) is 6.49. The second kappa shape index (κ2) is 4.30. The van der Waals surface area contributed by atoms with Crippen LogP contribution in [0.4, 0.5) is 10.1 Å². The highest BCUT2D eigenvalue weighted by atomic mass is 19.1. The van der Waals surface area contributed by atoms with Gasteiger partial charge in [0.25, 0.3) is 0 Å². The molecule has 1 aromatic rings. The molecule has 2 aliphatic rings. The molecule has 0 saturated heterocycles. The van der Waals surface area contributed by atoms with E-state index in [0.717, 1.165) is 37.9 Å². The van der Waals surface area contributed by atoms with Crippen LogP contribution >= 0.6 is 0 Å². The monoisotopic (exact) mass is 235 g/mol. The molecule has 1 aliphatic heterocycles. The molecule has 3 heteroatoms. The van der Waals surface area contributed by atoms with E-state index in [9.17, 15) is 9.50 Å². The van der Waals surface area contributed by atoms with Gasteiger partial charge in [-0.05, 0) is 37.0 Å². The largest absolute Gasteiger partial charge is 0.391 e. The van der Waals surface area contributed by atoms with Crippen molar-refractivity contribution in [1.82, 2.24) is 0 Å². The fourth-order valence-electron chi connectivity index (χ4n) is 3.18. The Bertz CT molecular complexity index is 421. The van der Waals surface area contributed by atoms with E-state index in [-0.39, 0.29) is 18.0 Å². The summed E-state index contributed by atoms with van der Waals surface area (Å²) in [6.45, 7) is 0.917. The van der Waals surface area contributed by atoms with Gasteiger partial charge in [-0.1, -0.05) is 18.9 Å². The van der Waals surface area contributed by atoms with Crippen molar-refractivity contribution in [2.75, 3.05) is 11.4 Å². The molecule has 0 amide bonds. The van der Waals surface area contributed by atoms with E-state index >= 15 is 0 Å². The lowest BCUT2D eigenvalue weighted by Crippen LogP contribution is -2.44. The number of nitrogens with zero attached hydrogens (tertiary/aromatic N) is 1. The third-order valence-corrected chi connectivity index (χ3v) is 4.07. The Kier molecular flexibility index (Phi) is 2.79. The van der Waals surface area contributed by atoms with Gasteiger partial charge in [-0.25, -0.2) is 4.39 Å². The first kappa shape index (κ1) is 11.0. The van der Waals surface area contributed by atoms with Crippen molar-refractivity contribution in [1.29, 1.82) is 0 Å². The maximum Gasteiger partial charge on any atom is 0.125 e. The molecule has 0 aromatic heterocycles. The molecule has 0 unspecified atom stereocenters. The number of hydrogen-bond donors (Lipinski definition) is 1. The number of rotatable bonds is 1. The van der Waals surface area contributed by atoms with Gasteiger partial charge in [-0.3, -0.25) is 0 Å². The van der Waals surface area contributed by atoms with Gasteiger partial charge in [0.05, 0.1) is 12.1 Å². The second-order valence-electron chi connectivity index (χ2n) is 5.14. The van der Waals surface area contributed by atoms with E-state index in [0.29, 0.717) is 0 Å². The van der Waals surface area contributed by atoms with Crippen molar-refractivity contribution >= 4 is 5.69 Å². The Morgan fingerprint density at radius 2 is 2.06 bits per heavy atom. The Morgan fingerprint density at radius 3 is 2.88 bits per heavy atom. The summed E-state index contributed by atoms with van der Waals surface area (Å²) < 4.78 is 13.3. The van der Waals surface area contributed by atoms with Gasteiger partial charge in [0, 0.05) is 12.2 Å². The summed E-state index contributed by atoms with van der Waals surface area (Å²) in [5.41, 5.74) is 2.21. The first-order chi connectivity index (χ1) is 8.25. The summed E-state index contributed by atoms with van der Waals surface area (Å²) in [4.78, 5) is 2.21. The molecule has 1 saturated carbocycles. The molecule has 0 radical (unpaired) electrons. The zero-order valence-electron chi connectivity index (χ0n) is 9.90. The highest BCUT2D eigenvalue weighted by Gasteiger charge is 2.32. The molecule has 2 nitrogen and oxygen atoms in total. The maximum absolute atomic E-state index is 13.3. The van der Waals surface area contributed by atoms with Crippen molar-refractivity contribution in [3.63, 3.8) is 0 Å². The number of hydrogen-bond acceptors (Lipinski definition) is 2. The molecule has 3 rings (SSSR count). The smallest absolute Gasteiger partial charge is 0.125 e. The molecule has 2 atom stereocenters. The lowest BCUT2D eigenvalue weighted by molar-refractivity contribution is 0.105. The highest BCUT2D eigenvalue weighted by Crippen LogP contribution is 2.34. The van der Waals surface area contributed by atoms with Crippen LogP contribution in [0.5, 0.6) is 0 Å². The fourth-order valence-corrected chi connectivity index (χ4v) is 3.18. The van der Waals surface area contributed by atoms with E-state index in [1.807, 2.05) is 6.07 Å².